The van der Waals surface area contributed by atoms with Crippen LogP contribution < -0.4 is 5.73 Å². The minimum Gasteiger partial charge on any atom is -0.444 e. The summed E-state index contributed by atoms with van der Waals surface area (Å²) in [4.78, 5) is 13.9. The molecule has 1 aliphatic rings. The summed E-state index contributed by atoms with van der Waals surface area (Å²) in [6.07, 6.45) is 1.89. The zero-order valence-corrected chi connectivity index (χ0v) is 13.3. The lowest BCUT2D eigenvalue weighted by atomic mass is 9.76. The molecule has 1 fully saturated rings. The number of piperidine rings is 1. The molecule has 0 aromatic carbocycles. The number of likely N-dealkylation sites (tertiary alicyclic amines) is 1. The van der Waals surface area contributed by atoms with E-state index >= 15 is 0 Å². The van der Waals surface area contributed by atoms with E-state index in [9.17, 15) is 4.79 Å². The van der Waals surface area contributed by atoms with Crippen LogP contribution in [0.2, 0.25) is 0 Å². The summed E-state index contributed by atoms with van der Waals surface area (Å²) in [7, 11) is 0. The SMILES string of the molecule is CC(C)(C)OC(=O)N1CCCC(C(N)C(C)(C)C)C1. The highest BCUT2D eigenvalue weighted by Crippen LogP contribution is 2.29. The third-order valence-electron chi connectivity index (χ3n) is 3.62. The Kier molecular flexibility index (Phi) is 4.88. The summed E-state index contributed by atoms with van der Waals surface area (Å²) in [5.41, 5.74) is 5.97. The Morgan fingerprint density at radius 2 is 1.84 bits per heavy atom. The largest absolute Gasteiger partial charge is 0.444 e. The van der Waals surface area contributed by atoms with Crippen LogP contribution in [0.3, 0.4) is 0 Å². The summed E-state index contributed by atoms with van der Waals surface area (Å²) >= 11 is 0. The van der Waals surface area contributed by atoms with Crippen LogP contribution in [-0.2, 0) is 4.74 Å². The standard InChI is InChI=1S/C15H30N2O2/c1-14(2,3)12(16)11-8-7-9-17(10-11)13(18)19-15(4,5)6/h11-12H,7-10,16H2,1-6H3. The molecule has 0 radical (unpaired) electrons. The highest BCUT2D eigenvalue weighted by atomic mass is 16.6. The predicted molar refractivity (Wildman–Crippen MR) is 78.0 cm³/mol. The first-order valence-corrected chi connectivity index (χ1v) is 7.24. The van der Waals surface area contributed by atoms with Gasteiger partial charge in [0.2, 0.25) is 0 Å². The van der Waals surface area contributed by atoms with E-state index in [0.717, 1.165) is 19.4 Å². The Bertz CT molecular complexity index is 315. The van der Waals surface area contributed by atoms with Gasteiger partial charge in [-0.1, -0.05) is 20.8 Å². The molecule has 1 heterocycles. The molecule has 4 nitrogen and oxygen atoms in total. The Hall–Kier alpha value is -0.770. The van der Waals surface area contributed by atoms with Gasteiger partial charge in [-0.3, -0.25) is 0 Å². The average molecular weight is 270 g/mol. The predicted octanol–water partition coefficient (Wildman–Crippen LogP) is 3.01. The van der Waals surface area contributed by atoms with Gasteiger partial charge in [0.15, 0.2) is 0 Å². The second-order valence-corrected chi connectivity index (χ2v) is 7.72. The lowest BCUT2D eigenvalue weighted by Gasteiger charge is -2.40. The van der Waals surface area contributed by atoms with E-state index in [1.807, 2.05) is 25.7 Å². The normalized spacial score (nSPS) is 23.1. The minimum absolute atomic E-state index is 0.0710. The number of carbonyl (C=O) groups excluding carboxylic acids is 1. The van der Waals surface area contributed by atoms with E-state index < -0.39 is 5.60 Å². The molecule has 1 aliphatic heterocycles. The molecule has 19 heavy (non-hydrogen) atoms. The van der Waals surface area contributed by atoms with Crippen LogP contribution in [0.25, 0.3) is 0 Å². The van der Waals surface area contributed by atoms with Crippen molar-refractivity contribution in [3.63, 3.8) is 0 Å². The molecule has 1 rings (SSSR count). The van der Waals surface area contributed by atoms with Crippen LogP contribution in [0.1, 0.15) is 54.4 Å². The van der Waals surface area contributed by atoms with Gasteiger partial charge in [-0.05, 0) is 44.9 Å². The van der Waals surface area contributed by atoms with Crippen molar-refractivity contribution in [2.75, 3.05) is 13.1 Å². The monoisotopic (exact) mass is 270 g/mol. The number of hydrogen-bond donors (Lipinski definition) is 1. The maximum absolute atomic E-state index is 12.1. The molecule has 0 spiro atoms. The summed E-state index contributed by atoms with van der Waals surface area (Å²) in [6, 6.07) is 0.109. The van der Waals surface area contributed by atoms with Gasteiger partial charge in [0.25, 0.3) is 0 Å². The van der Waals surface area contributed by atoms with Crippen molar-refractivity contribution in [3.8, 4) is 0 Å². The molecular weight excluding hydrogens is 240 g/mol. The zero-order chi connectivity index (χ0) is 14.8. The topological polar surface area (TPSA) is 55.6 Å². The first-order valence-electron chi connectivity index (χ1n) is 7.24. The first-order chi connectivity index (χ1) is 8.50. The molecule has 112 valence electrons. The van der Waals surface area contributed by atoms with E-state index in [2.05, 4.69) is 20.8 Å². The van der Waals surface area contributed by atoms with Gasteiger partial charge >= 0.3 is 6.09 Å². The maximum atomic E-state index is 12.1. The zero-order valence-electron chi connectivity index (χ0n) is 13.3. The van der Waals surface area contributed by atoms with E-state index in [1.54, 1.807) is 0 Å². The molecule has 1 amide bonds. The average Bonchev–Trinajstić information content (AvgIpc) is 2.24. The van der Waals surface area contributed by atoms with Gasteiger partial charge in [-0.2, -0.15) is 0 Å². The highest BCUT2D eigenvalue weighted by molar-refractivity contribution is 5.68. The molecule has 2 N–H and O–H groups in total. The Morgan fingerprint density at radius 1 is 1.26 bits per heavy atom. The fraction of sp³-hybridized carbons (Fsp3) is 0.933. The van der Waals surface area contributed by atoms with Crippen molar-refractivity contribution in [2.24, 2.45) is 17.1 Å². The minimum atomic E-state index is -0.434. The van der Waals surface area contributed by atoms with Crippen LogP contribution in [0.5, 0.6) is 0 Å². The quantitative estimate of drug-likeness (QED) is 0.797. The number of ether oxygens (including phenoxy) is 1. The Morgan fingerprint density at radius 3 is 2.32 bits per heavy atom. The molecule has 2 atom stereocenters. The molecule has 0 saturated carbocycles. The van der Waals surface area contributed by atoms with E-state index in [-0.39, 0.29) is 17.6 Å². The third-order valence-corrected chi connectivity index (χ3v) is 3.62. The van der Waals surface area contributed by atoms with Crippen molar-refractivity contribution < 1.29 is 9.53 Å². The number of hydrogen-bond acceptors (Lipinski definition) is 3. The number of nitrogens with two attached hydrogens (primary N) is 1. The van der Waals surface area contributed by atoms with Crippen molar-refractivity contribution >= 4 is 6.09 Å². The summed E-state index contributed by atoms with van der Waals surface area (Å²) in [5, 5.41) is 0. The van der Waals surface area contributed by atoms with Gasteiger partial charge < -0.3 is 15.4 Å². The smallest absolute Gasteiger partial charge is 0.410 e. The second-order valence-electron chi connectivity index (χ2n) is 7.72. The highest BCUT2D eigenvalue weighted by Gasteiger charge is 2.34. The van der Waals surface area contributed by atoms with E-state index in [0.29, 0.717) is 12.5 Å². The molecule has 0 aromatic rings. The Balaban J connectivity index is 2.62. The lowest BCUT2D eigenvalue weighted by molar-refractivity contribution is 0.0124. The lowest BCUT2D eigenvalue weighted by Crippen LogP contribution is -2.51. The summed E-state index contributed by atoms with van der Waals surface area (Å²) < 4.78 is 5.44. The number of rotatable bonds is 1. The van der Waals surface area contributed by atoms with Crippen molar-refractivity contribution in [2.45, 2.75) is 66.0 Å². The van der Waals surface area contributed by atoms with Gasteiger partial charge in [-0.25, -0.2) is 4.79 Å². The Labute approximate surface area is 117 Å². The van der Waals surface area contributed by atoms with E-state index in [1.165, 1.54) is 0 Å². The molecule has 1 saturated heterocycles. The molecule has 0 bridgehead atoms. The van der Waals surface area contributed by atoms with E-state index in [4.69, 9.17) is 10.5 Å². The number of amides is 1. The maximum Gasteiger partial charge on any atom is 0.410 e. The summed E-state index contributed by atoms with van der Waals surface area (Å²) in [6.45, 7) is 13.7. The number of nitrogens with zero attached hydrogens (tertiary/aromatic N) is 1. The van der Waals surface area contributed by atoms with Crippen LogP contribution in [-0.4, -0.2) is 35.7 Å². The van der Waals surface area contributed by atoms with Crippen molar-refractivity contribution in [1.82, 2.24) is 4.90 Å². The van der Waals surface area contributed by atoms with Crippen molar-refractivity contribution in [3.05, 3.63) is 0 Å². The van der Waals surface area contributed by atoms with Crippen LogP contribution in [0.15, 0.2) is 0 Å². The van der Waals surface area contributed by atoms with Crippen molar-refractivity contribution in [1.29, 1.82) is 0 Å². The van der Waals surface area contributed by atoms with Gasteiger partial charge in [0, 0.05) is 19.1 Å². The summed E-state index contributed by atoms with van der Waals surface area (Å²) in [5.74, 6) is 0.362. The van der Waals surface area contributed by atoms with Crippen LogP contribution >= 0.6 is 0 Å². The molecule has 4 heteroatoms. The van der Waals surface area contributed by atoms with Gasteiger partial charge in [0.1, 0.15) is 5.60 Å². The second kappa shape index (κ2) is 5.70. The molecular formula is C15H30N2O2. The fourth-order valence-corrected chi connectivity index (χ4v) is 2.50. The third kappa shape index (κ3) is 5.01. The molecule has 0 aromatic heterocycles. The number of carbonyl (C=O) groups is 1. The van der Waals surface area contributed by atoms with Gasteiger partial charge in [0.05, 0.1) is 0 Å². The fourth-order valence-electron chi connectivity index (χ4n) is 2.50. The van der Waals surface area contributed by atoms with Gasteiger partial charge in [-0.15, -0.1) is 0 Å². The molecule has 2 unspecified atom stereocenters. The van der Waals surface area contributed by atoms with Crippen LogP contribution in [0, 0.1) is 11.3 Å². The first kappa shape index (κ1) is 16.3. The molecule has 0 aliphatic carbocycles. The van der Waals surface area contributed by atoms with Crippen LogP contribution in [0.4, 0.5) is 4.79 Å².